The topological polar surface area (TPSA) is 39.2 Å². The zero-order valence-corrected chi connectivity index (χ0v) is 11.1. The van der Waals surface area contributed by atoms with E-state index in [9.17, 15) is 4.79 Å². The Morgan fingerprint density at radius 1 is 1.22 bits per heavy atom. The molecule has 0 spiro atoms. The Morgan fingerprint density at radius 2 is 2.00 bits per heavy atom. The number of esters is 1. The van der Waals surface area contributed by atoms with Gasteiger partial charge in [0.2, 0.25) is 0 Å². The van der Waals surface area contributed by atoms with Gasteiger partial charge in [-0.25, -0.2) is 4.79 Å². The summed E-state index contributed by atoms with van der Waals surface area (Å²) in [4.78, 5) is 15.5. The van der Waals surface area contributed by atoms with Crippen molar-refractivity contribution in [2.45, 2.75) is 0 Å². The molecule has 6 heteroatoms. The summed E-state index contributed by atoms with van der Waals surface area (Å²) >= 11 is 17.4. The molecule has 2 aromatic rings. The third kappa shape index (κ3) is 2.93. The number of hydrogen-bond donors (Lipinski definition) is 0. The highest BCUT2D eigenvalue weighted by atomic mass is 35.5. The van der Waals surface area contributed by atoms with Crippen molar-refractivity contribution < 1.29 is 9.53 Å². The van der Waals surface area contributed by atoms with Gasteiger partial charge in [-0.1, -0.05) is 34.8 Å². The van der Waals surface area contributed by atoms with E-state index in [1.165, 1.54) is 24.4 Å². The van der Waals surface area contributed by atoms with Gasteiger partial charge in [0.1, 0.15) is 5.02 Å². The molecule has 0 N–H and O–H groups in total. The molecule has 0 saturated heterocycles. The van der Waals surface area contributed by atoms with Gasteiger partial charge in [0.15, 0.2) is 5.75 Å². The SMILES string of the molecule is O=C(Oc1c[c]ncc1Cl)c1ccc(Cl)cc1Cl. The molecule has 0 bridgehead atoms. The summed E-state index contributed by atoms with van der Waals surface area (Å²) in [6.45, 7) is 0. The maximum atomic E-state index is 11.9. The third-order valence-electron chi connectivity index (χ3n) is 2.04. The molecular formula is C12H5Cl3NO2. The second kappa shape index (κ2) is 5.57. The molecule has 0 aliphatic heterocycles. The highest BCUT2D eigenvalue weighted by Gasteiger charge is 2.14. The van der Waals surface area contributed by atoms with E-state index in [1.807, 2.05) is 0 Å². The first-order valence-corrected chi connectivity index (χ1v) is 5.90. The molecule has 0 aliphatic carbocycles. The number of carbonyl (C=O) groups excluding carboxylic acids is 1. The molecule has 1 radical (unpaired) electrons. The second-order valence-corrected chi connectivity index (χ2v) is 4.51. The van der Waals surface area contributed by atoms with E-state index in [0.717, 1.165) is 0 Å². The molecule has 0 aliphatic rings. The lowest BCUT2D eigenvalue weighted by atomic mass is 10.2. The number of hydrogen-bond acceptors (Lipinski definition) is 3. The highest BCUT2D eigenvalue weighted by Crippen LogP contribution is 2.25. The van der Waals surface area contributed by atoms with Crippen molar-refractivity contribution >= 4 is 40.8 Å². The van der Waals surface area contributed by atoms with Crippen molar-refractivity contribution in [2.75, 3.05) is 0 Å². The minimum absolute atomic E-state index is 0.169. The Balaban J connectivity index is 2.25. The first-order chi connectivity index (χ1) is 8.58. The molecule has 1 heterocycles. The van der Waals surface area contributed by atoms with Crippen LogP contribution >= 0.6 is 34.8 Å². The summed E-state index contributed by atoms with van der Waals surface area (Å²) in [5, 5.41) is 0.862. The summed E-state index contributed by atoms with van der Waals surface area (Å²) in [6.07, 6.45) is 3.84. The van der Waals surface area contributed by atoms with Gasteiger partial charge in [-0.3, -0.25) is 4.98 Å². The highest BCUT2D eigenvalue weighted by molar-refractivity contribution is 6.36. The van der Waals surface area contributed by atoms with Crippen molar-refractivity contribution in [3.8, 4) is 5.75 Å². The van der Waals surface area contributed by atoms with E-state index in [2.05, 4.69) is 11.2 Å². The minimum atomic E-state index is -0.627. The molecule has 0 saturated carbocycles. The van der Waals surface area contributed by atoms with E-state index < -0.39 is 5.97 Å². The zero-order valence-electron chi connectivity index (χ0n) is 8.78. The van der Waals surface area contributed by atoms with Gasteiger partial charge in [0.05, 0.1) is 23.0 Å². The van der Waals surface area contributed by atoms with E-state index in [1.54, 1.807) is 6.07 Å². The summed E-state index contributed by atoms with van der Waals surface area (Å²) < 4.78 is 5.08. The Hall–Kier alpha value is -1.29. The molecule has 91 valence electrons. The summed E-state index contributed by atoms with van der Waals surface area (Å²) in [6, 6.07) is 5.85. The smallest absolute Gasteiger partial charge is 0.345 e. The molecule has 2 rings (SSSR count). The number of ether oxygens (including phenoxy) is 1. The van der Waals surface area contributed by atoms with Gasteiger partial charge >= 0.3 is 5.97 Å². The Kier molecular flexibility index (Phi) is 4.07. The normalized spacial score (nSPS) is 10.2. The minimum Gasteiger partial charge on any atom is -0.421 e. The van der Waals surface area contributed by atoms with E-state index in [0.29, 0.717) is 5.02 Å². The number of benzene rings is 1. The number of aromatic nitrogens is 1. The fraction of sp³-hybridized carbons (Fsp3) is 0. The van der Waals surface area contributed by atoms with Crippen LogP contribution in [0.2, 0.25) is 15.1 Å². The Morgan fingerprint density at radius 3 is 2.67 bits per heavy atom. The van der Waals surface area contributed by atoms with Crippen LogP contribution in [0, 0.1) is 6.20 Å². The Bertz CT molecular complexity index is 602. The maximum absolute atomic E-state index is 11.9. The van der Waals surface area contributed by atoms with Gasteiger partial charge in [-0.2, -0.15) is 0 Å². The van der Waals surface area contributed by atoms with Crippen molar-refractivity contribution in [1.82, 2.24) is 4.98 Å². The monoisotopic (exact) mass is 300 g/mol. The van der Waals surface area contributed by atoms with Crippen LogP contribution in [0.4, 0.5) is 0 Å². The van der Waals surface area contributed by atoms with E-state index >= 15 is 0 Å². The number of pyridine rings is 1. The predicted octanol–water partition coefficient (Wildman–Crippen LogP) is 4.06. The summed E-state index contributed by atoms with van der Waals surface area (Å²) in [5.41, 5.74) is 0.203. The average Bonchev–Trinajstić information content (AvgIpc) is 2.32. The quantitative estimate of drug-likeness (QED) is 0.785. The van der Waals surface area contributed by atoms with Crippen LogP contribution < -0.4 is 4.74 Å². The van der Waals surface area contributed by atoms with Crippen molar-refractivity contribution in [1.29, 1.82) is 0 Å². The molecule has 0 atom stereocenters. The molecule has 18 heavy (non-hydrogen) atoms. The largest absolute Gasteiger partial charge is 0.421 e. The number of nitrogens with zero attached hydrogens (tertiary/aromatic N) is 1. The average molecular weight is 302 g/mol. The van der Waals surface area contributed by atoms with E-state index in [4.69, 9.17) is 39.5 Å². The van der Waals surface area contributed by atoms with Crippen LogP contribution in [-0.4, -0.2) is 11.0 Å². The number of halogens is 3. The Labute approximate surface area is 118 Å². The van der Waals surface area contributed by atoms with Crippen molar-refractivity contribution in [3.05, 3.63) is 57.3 Å². The zero-order chi connectivity index (χ0) is 13.1. The van der Waals surface area contributed by atoms with Crippen LogP contribution in [0.15, 0.2) is 30.5 Å². The lowest BCUT2D eigenvalue weighted by Crippen LogP contribution is -2.09. The van der Waals surface area contributed by atoms with Crippen molar-refractivity contribution in [2.24, 2.45) is 0 Å². The number of carbonyl (C=O) groups is 1. The second-order valence-electron chi connectivity index (χ2n) is 3.26. The standard InChI is InChI=1S/C12H5Cl3NO2/c13-7-1-2-8(9(14)5-7)12(17)18-11-3-4-16-6-10(11)15/h1-3,5-6H. The van der Waals surface area contributed by atoms with Crippen LogP contribution in [0.1, 0.15) is 10.4 Å². The first kappa shape index (κ1) is 13.1. The molecule has 0 unspecified atom stereocenters. The molecular weight excluding hydrogens is 296 g/mol. The van der Waals surface area contributed by atoms with Crippen LogP contribution in [-0.2, 0) is 0 Å². The fourth-order valence-electron chi connectivity index (χ4n) is 1.21. The molecule has 0 fully saturated rings. The van der Waals surface area contributed by atoms with Crippen LogP contribution in [0.5, 0.6) is 5.75 Å². The van der Waals surface area contributed by atoms with Gasteiger partial charge in [0.25, 0.3) is 0 Å². The molecule has 3 nitrogen and oxygen atoms in total. The fourth-order valence-corrected chi connectivity index (χ4v) is 1.84. The van der Waals surface area contributed by atoms with Gasteiger partial charge in [0, 0.05) is 11.1 Å². The van der Waals surface area contributed by atoms with Crippen molar-refractivity contribution in [3.63, 3.8) is 0 Å². The van der Waals surface area contributed by atoms with Gasteiger partial charge in [-0.15, -0.1) is 0 Å². The van der Waals surface area contributed by atoms with Gasteiger partial charge in [-0.05, 0) is 18.2 Å². The lowest BCUT2D eigenvalue weighted by molar-refractivity contribution is 0.0735. The lowest BCUT2D eigenvalue weighted by Gasteiger charge is -2.06. The van der Waals surface area contributed by atoms with Crippen LogP contribution in [0.25, 0.3) is 0 Å². The van der Waals surface area contributed by atoms with Crippen LogP contribution in [0.3, 0.4) is 0 Å². The first-order valence-electron chi connectivity index (χ1n) is 4.77. The summed E-state index contributed by atoms with van der Waals surface area (Å²) in [7, 11) is 0. The summed E-state index contributed by atoms with van der Waals surface area (Å²) in [5.74, 6) is -0.458. The third-order valence-corrected chi connectivity index (χ3v) is 2.87. The molecule has 0 amide bonds. The van der Waals surface area contributed by atoms with Gasteiger partial charge < -0.3 is 4.74 Å². The molecule has 1 aromatic carbocycles. The number of rotatable bonds is 2. The predicted molar refractivity (Wildman–Crippen MR) is 69.5 cm³/mol. The molecule has 1 aromatic heterocycles. The maximum Gasteiger partial charge on any atom is 0.345 e. The van der Waals surface area contributed by atoms with E-state index in [-0.39, 0.29) is 21.4 Å².